The van der Waals surface area contributed by atoms with Crippen LogP contribution in [0.15, 0.2) is 75.8 Å². The van der Waals surface area contributed by atoms with Crippen LogP contribution in [0.1, 0.15) is 11.3 Å². The lowest BCUT2D eigenvalue weighted by Gasteiger charge is -2.24. The molecule has 1 heterocycles. The van der Waals surface area contributed by atoms with Crippen molar-refractivity contribution in [3.05, 3.63) is 88.5 Å². The normalized spacial score (nSPS) is 12.3. The van der Waals surface area contributed by atoms with Crippen molar-refractivity contribution in [2.75, 3.05) is 13.2 Å². The lowest BCUT2D eigenvalue weighted by atomic mass is 10.2. The summed E-state index contributed by atoms with van der Waals surface area (Å²) in [5, 5.41) is 10.4. The molecule has 3 aromatic rings. The molecule has 3 rings (SSSR count). The fraction of sp³-hybridized carbons (Fsp3) is 0.238. The fourth-order valence-corrected chi connectivity index (χ4v) is 3.15. The van der Waals surface area contributed by atoms with E-state index < -0.39 is 6.10 Å². The highest BCUT2D eigenvalue weighted by Crippen LogP contribution is 2.24. The van der Waals surface area contributed by atoms with E-state index in [0.29, 0.717) is 25.4 Å². The third kappa shape index (κ3) is 6.20. The monoisotopic (exact) mass is 433 g/mol. The summed E-state index contributed by atoms with van der Waals surface area (Å²) in [5.41, 5.74) is 0.960. The van der Waals surface area contributed by atoms with Gasteiger partial charge in [-0.15, -0.1) is 0 Å². The summed E-state index contributed by atoms with van der Waals surface area (Å²) >= 11 is 3.43. The van der Waals surface area contributed by atoms with Crippen molar-refractivity contribution in [1.29, 1.82) is 0 Å². The Kier molecular flexibility index (Phi) is 7.04. The lowest BCUT2D eigenvalue weighted by Crippen LogP contribution is -2.35. The molecule has 1 aromatic heterocycles. The molecule has 1 unspecified atom stereocenters. The quantitative estimate of drug-likeness (QED) is 0.534. The van der Waals surface area contributed by atoms with Crippen LogP contribution >= 0.6 is 15.9 Å². The predicted octanol–water partition coefficient (Wildman–Crippen LogP) is 4.62. The third-order valence-corrected chi connectivity index (χ3v) is 4.67. The number of ether oxygens (including phenoxy) is 1. The van der Waals surface area contributed by atoms with Crippen LogP contribution in [-0.2, 0) is 13.1 Å². The van der Waals surface area contributed by atoms with Gasteiger partial charge in [0.25, 0.3) is 0 Å². The first kappa shape index (κ1) is 19.6. The van der Waals surface area contributed by atoms with Crippen LogP contribution in [0.5, 0.6) is 5.75 Å². The maximum atomic E-state index is 13.1. The first-order valence-corrected chi connectivity index (χ1v) is 9.44. The van der Waals surface area contributed by atoms with Crippen LogP contribution in [-0.4, -0.2) is 29.3 Å². The van der Waals surface area contributed by atoms with Crippen LogP contribution in [0.25, 0.3) is 0 Å². The summed E-state index contributed by atoms with van der Waals surface area (Å²) in [6, 6.07) is 17.6. The average Bonchev–Trinajstić information content (AvgIpc) is 3.16. The van der Waals surface area contributed by atoms with Gasteiger partial charge in [-0.3, -0.25) is 4.90 Å². The van der Waals surface area contributed by atoms with Crippen molar-refractivity contribution in [3.63, 3.8) is 0 Å². The summed E-state index contributed by atoms with van der Waals surface area (Å²) in [5.74, 6) is 1.22. The molecule has 0 aliphatic carbocycles. The average molecular weight is 434 g/mol. The number of aliphatic hydroxyl groups excluding tert-OH is 1. The van der Waals surface area contributed by atoms with Gasteiger partial charge in [0.2, 0.25) is 0 Å². The molecule has 0 aliphatic rings. The Hall–Kier alpha value is -2.15. The van der Waals surface area contributed by atoms with Crippen LogP contribution in [0, 0.1) is 5.82 Å². The zero-order valence-corrected chi connectivity index (χ0v) is 16.3. The number of aliphatic hydroxyl groups is 1. The Morgan fingerprint density at radius 2 is 1.81 bits per heavy atom. The third-order valence-electron chi connectivity index (χ3n) is 4.02. The minimum Gasteiger partial charge on any atom is -0.490 e. The number of rotatable bonds is 9. The highest BCUT2D eigenvalue weighted by atomic mass is 79.9. The Labute approximate surface area is 166 Å². The van der Waals surface area contributed by atoms with E-state index in [1.807, 2.05) is 41.3 Å². The second-order valence-corrected chi connectivity index (χ2v) is 7.13. The largest absolute Gasteiger partial charge is 0.490 e. The molecule has 1 N–H and O–H groups in total. The van der Waals surface area contributed by atoms with E-state index in [4.69, 9.17) is 9.15 Å². The van der Waals surface area contributed by atoms with Crippen molar-refractivity contribution < 1.29 is 18.7 Å². The summed E-state index contributed by atoms with van der Waals surface area (Å²) < 4.78 is 25.1. The lowest BCUT2D eigenvalue weighted by molar-refractivity contribution is 0.0602. The number of hydrogen-bond acceptors (Lipinski definition) is 4. The second-order valence-electron chi connectivity index (χ2n) is 6.27. The number of hydrogen-bond donors (Lipinski definition) is 1. The summed E-state index contributed by atoms with van der Waals surface area (Å²) in [6.45, 7) is 1.66. The first-order chi connectivity index (χ1) is 13.1. The molecule has 0 fully saturated rings. The van der Waals surface area contributed by atoms with Crippen molar-refractivity contribution >= 4 is 15.9 Å². The van der Waals surface area contributed by atoms with Gasteiger partial charge < -0.3 is 14.3 Å². The highest BCUT2D eigenvalue weighted by Gasteiger charge is 2.15. The van der Waals surface area contributed by atoms with E-state index in [1.54, 1.807) is 18.4 Å². The van der Waals surface area contributed by atoms with Crippen LogP contribution < -0.4 is 4.74 Å². The molecule has 0 radical (unpaired) electrons. The Balaban J connectivity index is 1.61. The minimum atomic E-state index is -0.687. The molecule has 0 saturated heterocycles. The fourth-order valence-electron chi connectivity index (χ4n) is 2.75. The molecular weight excluding hydrogens is 413 g/mol. The molecule has 0 saturated carbocycles. The van der Waals surface area contributed by atoms with E-state index in [2.05, 4.69) is 15.9 Å². The number of halogens is 2. The van der Waals surface area contributed by atoms with Crippen LogP contribution in [0.2, 0.25) is 0 Å². The highest BCUT2D eigenvalue weighted by molar-refractivity contribution is 9.10. The van der Waals surface area contributed by atoms with Gasteiger partial charge in [-0.1, -0.05) is 24.3 Å². The molecule has 6 heteroatoms. The number of benzene rings is 2. The summed E-state index contributed by atoms with van der Waals surface area (Å²) in [6.07, 6.45) is 0.935. The Bertz CT molecular complexity index is 824. The van der Waals surface area contributed by atoms with Crippen LogP contribution in [0.3, 0.4) is 0 Å². The maximum absolute atomic E-state index is 13.1. The summed E-state index contributed by atoms with van der Waals surface area (Å²) in [7, 11) is 0. The second kappa shape index (κ2) is 9.69. The molecular formula is C21H21BrFNO3. The number of furan rings is 1. The molecule has 27 heavy (non-hydrogen) atoms. The van der Waals surface area contributed by atoms with Gasteiger partial charge in [0.15, 0.2) is 0 Å². The van der Waals surface area contributed by atoms with Gasteiger partial charge in [0, 0.05) is 13.1 Å². The predicted molar refractivity (Wildman–Crippen MR) is 105 cm³/mol. The van der Waals surface area contributed by atoms with E-state index in [-0.39, 0.29) is 12.4 Å². The van der Waals surface area contributed by atoms with Crippen molar-refractivity contribution in [3.8, 4) is 5.75 Å². The van der Waals surface area contributed by atoms with Gasteiger partial charge >= 0.3 is 0 Å². The topological polar surface area (TPSA) is 45.8 Å². The Morgan fingerprint density at radius 1 is 1.04 bits per heavy atom. The van der Waals surface area contributed by atoms with E-state index in [1.165, 1.54) is 12.1 Å². The molecule has 2 aromatic carbocycles. The van der Waals surface area contributed by atoms with E-state index in [0.717, 1.165) is 15.8 Å². The zero-order chi connectivity index (χ0) is 19.1. The molecule has 4 nitrogen and oxygen atoms in total. The minimum absolute atomic E-state index is 0.167. The maximum Gasteiger partial charge on any atom is 0.133 e. The zero-order valence-electron chi connectivity index (χ0n) is 14.7. The first-order valence-electron chi connectivity index (χ1n) is 8.65. The van der Waals surface area contributed by atoms with E-state index in [9.17, 15) is 9.50 Å². The smallest absolute Gasteiger partial charge is 0.133 e. The Morgan fingerprint density at radius 3 is 2.52 bits per heavy atom. The number of para-hydroxylation sites is 1. The molecule has 0 amide bonds. The molecule has 142 valence electrons. The van der Waals surface area contributed by atoms with Gasteiger partial charge in [0.1, 0.15) is 30.0 Å². The van der Waals surface area contributed by atoms with Crippen molar-refractivity contribution in [2.24, 2.45) is 0 Å². The van der Waals surface area contributed by atoms with Gasteiger partial charge in [-0.05, 0) is 57.9 Å². The van der Waals surface area contributed by atoms with E-state index >= 15 is 0 Å². The van der Waals surface area contributed by atoms with Crippen molar-refractivity contribution in [1.82, 2.24) is 4.90 Å². The number of nitrogens with zero attached hydrogens (tertiary/aromatic N) is 1. The van der Waals surface area contributed by atoms with Crippen LogP contribution in [0.4, 0.5) is 4.39 Å². The molecule has 0 bridgehead atoms. The van der Waals surface area contributed by atoms with Gasteiger partial charge in [-0.25, -0.2) is 4.39 Å². The van der Waals surface area contributed by atoms with Gasteiger partial charge in [0.05, 0.1) is 17.3 Å². The molecule has 0 spiro atoms. The molecule has 1 atom stereocenters. The van der Waals surface area contributed by atoms with Gasteiger partial charge in [-0.2, -0.15) is 0 Å². The summed E-state index contributed by atoms with van der Waals surface area (Å²) in [4.78, 5) is 2.04. The standard InChI is InChI=1S/C21H21BrFNO3/c22-20-5-1-2-6-21(20)27-15-18(25)13-24(14-19-4-3-11-26-19)12-16-7-9-17(23)10-8-16/h1-11,18,25H,12-15H2. The SMILES string of the molecule is OC(COc1ccccc1Br)CN(Cc1ccc(F)cc1)Cc1ccco1. The molecule has 0 aliphatic heterocycles. The van der Waals surface area contributed by atoms with Crippen molar-refractivity contribution in [2.45, 2.75) is 19.2 Å².